The number of benzene rings is 3. The molecule has 4 rings (SSSR count). The van der Waals surface area contributed by atoms with Gasteiger partial charge in [-0.2, -0.15) is 5.10 Å². The summed E-state index contributed by atoms with van der Waals surface area (Å²) in [6.45, 7) is -0.226. The van der Waals surface area contributed by atoms with E-state index in [1.54, 1.807) is 67.6 Å². The lowest BCUT2D eigenvalue weighted by Crippen LogP contribution is -2.20. The first kappa shape index (κ1) is 23.4. The molecule has 0 saturated carbocycles. The molecule has 2 amide bonds. The van der Waals surface area contributed by atoms with E-state index in [4.69, 9.17) is 25.0 Å². The lowest BCUT2D eigenvalue weighted by molar-refractivity contribution is -0.119. The summed E-state index contributed by atoms with van der Waals surface area (Å²) in [4.78, 5) is 24.3. The molecule has 1 heterocycles. The number of methoxy groups -OCH3 is 2. The number of ether oxygens (including phenoxy) is 3. The van der Waals surface area contributed by atoms with E-state index in [9.17, 15) is 9.59 Å². The Hall–Kier alpha value is -4.79. The smallest absolute Gasteiger partial charge is 0.259 e. The summed E-state index contributed by atoms with van der Waals surface area (Å²) in [6.07, 6.45) is 1.67. The predicted molar refractivity (Wildman–Crippen MR) is 131 cm³/mol. The van der Waals surface area contributed by atoms with Crippen LogP contribution in [0.15, 0.2) is 79.0 Å². The Morgan fingerprint density at radius 1 is 0.943 bits per heavy atom. The lowest BCUT2D eigenvalue weighted by atomic mass is 10.1. The van der Waals surface area contributed by atoms with E-state index >= 15 is 0 Å². The SMILES string of the molecule is COc1ccc(OC)c(-c2nn(-c3ccccc3)cc2C(=O)Nc2ccc(OCC(N)=O)cc2)c1. The summed E-state index contributed by atoms with van der Waals surface area (Å²) in [5.41, 5.74) is 7.82. The second-order valence-corrected chi connectivity index (χ2v) is 7.47. The second kappa shape index (κ2) is 10.4. The van der Waals surface area contributed by atoms with Crippen LogP contribution in [0.25, 0.3) is 16.9 Å². The van der Waals surface area contributed by atoms with Crippen molar-refractivity contribution < 1.29 is 23.8 Å². The molecule has 0 bridgehead atoms. The third kappa shape index (κ3) is 5.41. The van der Waals surface area contributed by atoms with Gasteiger partial charge in [0.15, 0.2) is 6.61 Å². The van der Waals surface area contributed by atoms with E-state index in [0.29, 0.717) is 39.8 Å². The largest absolute Gasteiger partial charge is 0.497 e. The number of aromatic nitrogens is 2. The number of nitrogens with one attached hydrogen (secondary N) is 1. The van der Waals surface area contributed by atoms with Crippen molar-refractivity contribution in [2.45, 2.75) is 0 Å². The Labute approximate surface area is 202 Å². The first-order chi connectivity index (χ1) is 17.0. The van der Waals surface area contributed by atoms with E-state index in [1.807, 2.05) is 30.3 Å². The predicted octanol–water partition coefficient (Wildman–Crippen LogP) is 3.67. The highest BCUT2D eigenvalue weighted by Crippen LogP contribution is 2.35. The molecule has 3 aromatic carbocycles. The van der Waals surface area contributed by atoms with Gasteiger partial charge >= 0.3 is 0 Å². The first-order valence-corrected chi connectivity index (χ1v) is 10.7. The molecule has 0 spiro atoms. The normalized spacial score (nSPS) is 10.5. The molecule has 1 aromatic heterocycles. The number of nitrogens with two attached hydrogens (primary N) is 1. The van der Waals surface area contributed by atoms with E-state index in [0.717, 1.165) is 5.69 Å². The van der Waals surface area contributed by atoms with Gasteiger partial charge in [0.2, 0.25) is 0 Å². The topological polar surface area (TPSA) is 118 Å². The van der Waals surface area contributed by atoms with Gasteiger partial charge in [-0.05, 0) is 54.6 Å². The summed E-state index contributed by atoms with van der Waals surface area (Å²) in [5, 5.41) is 7.59. The fourth-order valence-corrected chi connectivity index (χ4v) is 3.44. The maximum Gasteiger partial charge on any atom is 0.259 e. The number of anilines is 1. The monoisotopic (exact) mass is 472 g/mol. The van der Waals surface area contributed by atoms with Gasteiger partial charge in [-0.3, -0.25) is 9.59 Å². The van der Waals surface area contributed by atoms with Gasteiger partial charge in [0.05, 0.1) is 25.5 Å². The van der Waals surface area contributed by atoms with Crippen molar-refractivity contribution in [1.29, 1.82) is 0 Å². The molecule has 0 aliphatic rings. The standard InChI is InChI=1S/C26H24N4O5/c1-33-20-12-13-23(34-2)21(14-20)25-22(15-30(29-25)18-6-4-3-5-7-18)26(32)28-17-8-10-19(11-9-17)35-16-24(27)31/h3-15H,16H2,1-2H3,(H2,27,31)(H,28,32). The quantitative estimate of drug-likeness (QED) is 0.384. The van der Waals surface area contributed by atoms with Gasteiger partial charge in [0, 0.05) is 17.4 Å². The zero-order valence-corrected chi connectivity index (χ0v) is 19.2. The Morgan fingerprint density at radius 2 is 1.66 bits per heavy atom. The number of hydrogen-bond acceptors (Lipinski definition) is 6. The number of amides is 2. The van der Waals surface area contributed by atoms with Gasteiger partial charge in [0.1, 0.15) is 22.9 Å². The van der Waals surface area contributed by atoms with Crippen LogP contribution >= 0.6 is 0 Å². The minimum atomic E-state index is -0.571. The Bertz CT molecular complexity index is 1330. The summed E-state index contributed by atoms with van der Waals surface area (Å²) in [7, 11) is 3.12. The molecule has 4 aromatic rings. The number of primary amides is 1. The average molecular weight is 473 g/mol. The molecule has 3 N–H and O–H groups in total. The van der Waals surface area contributed by atoms with Crippen LogP contribution in [0, 0.1) is 0 Å². The van der Waals surface area contributed by atoms with Crippen LogP contribution in [0.3, 0.4) is 0 Å². The second-order valence-electron chi connectivity index (χ2n) is 7.47. The highest BCUT2D eigenvalue weighted by atomic mass is 16.5. The van der Waals surface area contributed by atoms with Crippen LogP contribution < -0.4 is 25.3 Å². The Balaban J connectivity index is 1.70. The van der Waals surface area contributed by atoms with Gasteiger partial charge in [-0.25, -0.2) is 4.68 Å². The molecule has 0 saturated heterocycles. The Morgan fingerprint density at radius 3 is 2.31 bits per heavy atom. The molecule has 35 heavy (non-hydrogen) atoms. The molecule has 0 aliphatic heterocycles. The van der Waals surface area contributed by atoms with Gasteiger partial charge in [-0.15, -0.1) is 0 Å². The number of carbonyl (C=O) groups excluding carboxylic acids is 2. The summed E-state index contributed by atoms with van der Waals surface area (Å²) in [6, 6.07) is 21.4. The van der Waals surface area contributed by atoms with Crippen LogP contribution in [0.4, 0.5) is 5.69 Å². The molecule has 0 fully saturated rings. The zero-order valence-electron chi connectivity index (χ0n) is 19.2. The fraction of sp³-hybridized carbons (Fsp3) is 0.115. The molecule has 0 atom stereocenters. The highest BCUT2D eigenvalue weighted by molar-refractivity contribution is 6.08. The molecule has 9 heteroatoms. The number of rotatable bonds is 9. The summed E-state index contributed by atoms with van der Waals surface area (Å²) in [5.74, 6) is 0.679. The molecule has 178 valence electrons. The Kier molecular flexibility index (Phi) is 6.96. The van der Waals surface area contributed by atoms with E-state index < -0.39 is 5.91 Å². The maximum absolute atomic E-state index is 13.4. The minimum Gasteiger partial charge on any atom is -0.497 e. The van der Waals surface area contributed by atoms with Crippen molar-refractivity contribution in [3.63, 3.8) is 0 Å². The lowest BCUT2D eigenvalue weighted by Gasteiger charge is -2.11. The number of hydrogen-bond donors (Lipinski definition) is 2. The molecular formula is C26H24N4O5. The van der Waals surface area contributed by atoms with Crippen molar-refractivity contribution in [1.82, 2.24) is 9.78 Å². The van der Waals surface area contributed by atoms with E-state index in [-0.39, 0.29) is 12.5 Å². The van der Waals surface area contributed by atoms with Crippen molar-refractivity contribution >= 4 is 17.5 Å². The van der Waals surface area contributed by atoms with Crippen molar-refractivity contribution in [2.75, 3.05) is 26.1 Å². The third-order valence-electron chi connectivity index (χ3n) is 5.13. The van der Waals surface area contributed by atoms with Crippen LogP contribution in [-0.2, 0) is 4.79 Å². The van der Waals surface area contributed by atoms with Crippen molar-refractivity contribution in [3.05, 3.63) is 84.6 Å². The number of nitrogens with zero attached hydrogens (tertiary/aromatic N) is 2. The first-order valence-electron chi connectivity index (χ1n) is 10.7. The molecule has 0 aliphatic carbocycles. The molecule has 0 radical (unpaired) electrons. The summed E-state index contributed by atoms with van der Waals surface area (Å²) >= 11 is 0. The van der Waals surface area contributed by atoms with Gasteiger partial charge < -0.3 is 25.3 Å². The molecular weight excluding hydrogens is 448 g/mol. The van der Waals surface area contributed by atoms with Crippen molar-refractivity contribution in [3.8, 4) is 34.2 Å². The minimum absolute atomic E-state index is 0.226. The fourth-order valence-electron chi connectivity index (χ4n) is 3.44. The van der Waals surface area contributed by atoms with Gasteiger partial charge in [0.25, 0.3) is 11.8 Å². The number of carbonyl (C=O) groups is 2. The van der Waals surface area contributed by atoms with Crippen LogP contribution in [0.5, 0.6) is 17.2 Å². The van der Waals surface area contributed by atoms with Crippen molar-refractivity contribution in [2.24, 2.45) is 5.73 Å². The molecule has 0 unspecified atom stereocenters. The highest BCUT2D eigenvalue weighted by Gasteiger charge is 2.22. The zero-order chi connectivity index (χ0) is 24.8. The van der Waals surface area contributed by atoms with Crippen LogP contribution in [-0.4, -0.2) is 42.4 Å². The van der Waals surface area contributed by atoms with Crippen LogP contribution in [0.1, 0.15) is 10.4 Å². The summed E-state index contributed by atoms with van der Waals surface area (Å²) < 4.78 is 17.8. The third-order valence-corrected chi connectivity index (χ3v) is 5.13. The van der Waals surface area contributed by atoms with Gasteiger partial charge in [-0.1, -0.05) is 18.2 Å². The number of para-hydroxylation sites is 1. The molecule has 9 nitrogen and oxygen atoms in total. The van der Waals surface area contributed by atoms with E-state index in [2.05, 4.69) is 5.32 Å². The maximum atomic E-state index is 13.4. The van der Waals surface area contributed by atoms with Crippen LogP contribution in [0.2, 0.25) is 0 Å². The van der Waals surface area contributed by atoms with E-state index in [1.165, 1.54) is 0 Å². The average Bonchev–Trinajstić information content (AvgIpc) is 3.34.